The van der Waals surface area contributed by atoms with E-state index in [4.69, 9.17) is 11.6 Å². The fourth-order valence-electron chi connectivity index (χ4n) is 2.84. The van der Waals surface area contributed by atoms with Gasteiger partial charge >= 0.3 is 0 Å². The normalized spacial score (nSPS) is 17.8. The highest BCUT2D eigenvalue weighted by Gasteiger charge is 2.31. The number of piperazine rings is 1. The number of nitrogens with zero attached hydrogens (tertiary/aromatic N) is 3. The molecule has 1 aliphatic heterocycles. The van der Waals surface area contributed by atoms with Gasteiger partial charge in [-0.2, -0.15) is 17.0 Å². The lowest BCUT2D eigenvalue weighted by molar-refractivity contribution is 0.167. The van der Waals surface area contributed by atoms with Crippen LogP contribution in [-0.2, 0) is 16.8 Å². The van der Waals surface area contributed by atoms with Gasteiger partial charge in [0, 0.05) is 56.9 Å². The van der Waals surface area contributed by atoms with Crippen LogP contribution in [0, 0.1) is 11.7 Å². The van der Waals surface area contributed by atoms with Crippen molar-refractivity contribution in [3.63, 3.8) is 0 Å². The first-order chi connectivity index (χ1) is 11.2. The molecule has 5 nitrogen and oxygen atoms in total. The van der Waals surface area contributed by atoms with Crippen LogP contribution in [0.3, 0.4) is 0 Å². The van der Waals surface area contributed by atoms with Crippen molar-refractivity contribution in [2.45, 2.75) is 20.4 Å². The van der Waals surface area contributed by atoms with Gasteiger partial charge in [-0.15, -0.1) is 0 Å². The minimum atomic E-state index is -3.63. The molecule has 0 saturated carbocycles. The maximum Gasteiger partial charge on any atom is 0.282 e. The zero-order valence-corrected chi connectivity index (χ0v) is 15.9. The molecule has 0 unspecified atom stereocenters. The second-order valence-electron chi connectivity index (χ2n) is 6.56. The molecular formula is C16H25ClFN3O2S. The molecule has 1 aliphatic rings. The standard InChI is InChI=1S/C16H25ClFN3O2S/c1-13(2)11-20-7-9-21(10-8-20)24(22,23)19(3)12-14-15(17)5-4-6-16(14)18/h4-6,13H,7-12H2,1-3H3. The summed E-state index contributed by atoms with van der Waals surface area (Å²) < 4.78 is 41.9. The van der Waals surface area contributed by atoms with Crippen LogP contribution in [0.1, 0.15) is 19.4 Å². The Bertz CT molecular complexity index is 641. The molecule has 8 heteroatoms. The van der Waals surface area contributed by atoms with Crippen molar-refractivity contribution < 1.29 is 12.8 Å². The van der Waals surface area contributed by atoms with Gasteiger partial charge in [-0.05, 0) is 18.1 Å². The van der Waals surface area contributed by atoms with E-state index in [0.29, 0.717) is 32.1 Å². The largest absolute Gasteiger partial charge is 0.300 e. The summed E-state index contributed by atoms with van der Waals surface area (Å²) in [6, 6.07) is 4.35. The molecule has 0 bridgehead atoms. The van der Waals surface area contributed by atoms with E-state index in [0.717, 1.165) is 10.8 Å². The molecule has 0 spiro atoms. The smallest absolute Gasteiger partial charge is 0.282 e. The summed E-state index contributed by atoms with van der Waals surface area (Å²) in [5.74, 6) is 0.0605. The second kappa shape index (κ2) is 8.10. The molecule has 0 aromatic heterocycles. The maximum absolute atomic E-state index is 13.9. The summed E-state index contributed by atoms with van der Waals surface area (Å²) in [5, 5.41) is 0.235. The zero-order valence-electron chi connectivity index (χ0n) is 14.4. The third-order valence-corrected chi connectivity index (χ3v) is 6.41. The Morgan fingerprint density at radius 2 is 1.88 bits per heavy atom. The molecule has 0 amide bonds. The van der Waals surface area contributed by atoms with Crippen LogP contribution in [0.4, 0.5) is 4.39 Å². The van der Waals surface area contributed by atoms with Crippen LogP contribution in [-0.4, -0.2) is 61.7 Å². The molecule has 0 N–H and O–H groups in total. The van der Waals surface area contributed by atoms with E-state index < -0.39 is 16.0 Å². The van der Waals surface area contributed by atoms with E-state index in [-0.39, 0.29) is 17.1 Å². The van der Waals surface area contributed by atoms with Crippen molar-refractivity contribution >= 4 is 21.8 Å². The molecule has 0 aliphatic carbocycles. The van der Waals surface area contributed by atoms with Gasteiger partial charge < -0.3 is 4.90 Å². The Morgan fingerprint density at radius 3 is 2.42 bits per heavy atom. The van der Waals surface area contributed by atoms with Crippen LogP contribution in [0.5, 0.6) is 0 Å². The Kier molecular flexibility index (Phi) is 6.61. The van der Waals surface area contributed by atoms with Crippen LogP contribution in [0.25, 0.3) is 0 Å². The second-order valence-corrected chi connectivity index (χ2v) is 9.00. The first-order valence-electron chi connectivity index (χ1n) is 8.08. The van der Waals surface area contributed by atoms with Crippen molar-refractivity contribution in [1.29, 1.82) is 0 Å². The van der Waals surface area contributed by atoms with Gasteiger partial charge in [-0.25, -0.2) is 4.39 Å². The van der Waals surface area contributed by atoms with Crippen molar-refractivity contribution in [3.8, 4) is 0 Å². The van der Waals surface area contributed by atoms with Gasteiger partial charge in [-0.3, -0.25) is 0 Å². The maximum atomic E-state index is 13.9. The van der Waals surface area contributed by atoms with Crippen molar-refractivity contribution in [2.75, 3.05) is 39.8 Å². The first kappa shape index (κ1) is 19.6. The minimum Gasteiger partial charge on any atom is -0.300 e. The summed E-state index contributed by atoms with van der Waals surface area (Å²) in [6.45, 7) is 7.50. The lowest BCUT2D eigenvalue weighted by atomic mass is 10.2. The van der Waals surface area contributed by atoms with Gasteiger partial charge in [-0.1, -0.05) is 31.5 Å². The Labute approximate surface area is 149 Å². The van der Waals surface area contributed by atoms with E-state index in [1.165, 1.54) is 23.5 Å². The monoisotopic (exact) mass is 377 g/mol. The van der Waals surface area contributed by atoms with Crippen LogP contribution < -0.4 is 0 Å². The topological polar surface area (TPSA) is 43.9 Å². The molecule has 1 saturated heterocycles. The summed E-state index contributed by atoms with van der Waals surface area (Å²) in [4.78, 5) is 2.27. The predicted molar refractivity (Wildman–Crippen MR) is 94.6 cm³/mol. The molecule has 1 aromatic carbocycles. The van der Waals surface area contributed by atoms with Crippen molar-refractivity contribution in [2.24, 2.45) is 5.92 Å². The summed E-state index contributed by atoms with van der Waals surface area (Å²) in [5.41, 5.74) is 0.198. The lowest BCUT2D eigenvalue weighted by Gasteiger charge is -2.36. The van der Waals surface area contributed by atoms with Crippen LogP contribution >= 0.6 is 11.6 Å². The molecule has 1 heterocycles. The SMILES string of the molecule is CC(C)CN1CCN(S(=O)(=O)N(C)Cc2c(F)cccc2Cl)CC1. The highest BCUT2D eigenvalue weighted by molar-refractivity contribution is 7.86. The molecule has 2 rings (SSSR count). The first-order valence-corrected chi connectivity index (χ1v) is 9.86. The van der Waals surface area contributed by atoms with E-state index in [1.807, 2.05) is 0 Å². The van der Waals surface area contributed by atoms with Crippen LogP contribution in [0.2, 0.25) is 5.02 Å². The fraction of sp³-hybridized carbons (Fsp3) is 0.625. The third-order valence-electron chi connectivity index (χ3n) is 4.12. The fourth-order valence-corrected chi connectivity index (χ4v) is 4.38. The molecule has 136 valence electrons. The molecule has 24 heavy (non-hydrogen) atoms. The summed E-state index contributed by atoms with van der Waals surface area (Å²) >= 11 is 6.00. The third kappa shape index (κ3) is 4.67. The number of hydrogen-bond donors (Lipinski definition) is 0. The highest BCUT2D eigenvalue weighted by Crippen LogP contribution is 2.22. The number of rotatable bonds is 6. The van der Waals surface area contributed by atoms with E-state index in [1.54, 1.807) is 6.07 Å². The summed E-state index contributed by atoms with van der Waals surface area (Å²) in [7, 11) is -2.17. The van der Waals surface area contributed by atoms with Gasteiger partial charge in [0.15, 0.2) is 0 Å². The molecule has 0 radical (unpaired) electrons. The zero-order chi connectivity index (χ0) is 17.9. The average molecular weight is 378 g/mol. The van der Waals surface area contributed by atoms with E-state index in [2.05, 4.69) is 18.7 Å². The Balaban J connectivity index is 2.02. The Hall–Kier alpha value is -0.730. The molecule has 1 fully saturated rings. The predicted octanol–water partition coefficient (Wildman–Crippen LogP) is 2.43. The minimum absolute atomic E-state index is 0.0833. The number of hydrogen-bond acceptors (Lipinski definition) is 3. The average Bonchev–Trinajstić information content (AvgIpc) is 2.50. The van der Waals surface area contributed by atoms with Crippen LogP contribution in [0.15, 0.2) is 18.2 Å². The van der Waals surface area contributed by atoms with Crippen molar-refractivity contribution in [3.05, 3.63) is 34.6 Å². The molecule has 0 atom stereocenters. The Morgan fingerprint density at radius 1 is 1.25 bits per heavy atom. The summed E-state index contributed by atoms with van der Waals surface area (Å²) in [6.07, 6.45) is 0. The number of halogens is 2. The molecular weight excluding hydrogens is 353 g/mol. The van der Waals surface area contributed by atoms with E-state index in [9.17, 15) is 12.8 Å². The van der Waals surface area contributed by atoms with Crippen molar-refractivity contribution in [1.82, 2.24) is 13.5 Å². The highest BCUT2D eigenvalue weighted by atomic mass is 35.5. The molecule has 1 aromatic rings. The van der Waals surface area contributed by atoms with Gasteiger partial charge in [0.05, 0.1) is 0 Å². The van der Waals surface area contributed by atoms with Gasteiger partial charge in [0.2, 0.25) is 0 Å². The lowest BCUT2D eigenvalue weighted by Crippen LogP contribution is -2.52. The van der Waals surface area contributed by atoms with Gasteiger partial charge in [0.1, 0.15) is 5.82 Å². The van der Waals surface area contributed by atoms with E-state index >= 15 is 0 Å². The number of benzene rings is 1. The quantitative estimate of drug-likeness (QED) is 0.764. The van der Waals surface area contributed by atoms with Gasteiger partial charge in [0.25, 0.3) is 10.2 Å².